The highest BCUT2D eigenvalue weighted by atomic mass is 16.4. The predicted molar refractivity (Wildman–Crippen MR) is 60.3 cm³/mol. The summed E-state index contributed by atoms with van der Waals surface area (Å²) >= 11 is 0. The van der Waals surface area contributed by atoms with Crippen molar-refractivity contribution in [3.05, 3.63) is 30.6 Å². The lowest BCUT2D eigenvalue weighted by Gasteiger charge is -2.09. The average molecular weight is 241 g/mol. The molecule has 0 saturated heterocycles. The second-order valence-electron chi connectivity index (χ2n) is 2.82. The van der Waals surface area contributed by atoms with Crippen LogP contribution in [0, 0.1) is 0 Å². The van der Waals surface area contributed by atoms with Crippen LogP contribution in [0.3, 0.4) is 0 Å². The Labute approximate surface area is 98.5 Å². The van der Waals surface area contributed by atoms with E-state index in [1.165, 1.54) is 7.05 Å². The zero-order valence-electron chi connectivity index (χ0n) is 9.33. The number of aliphatic hydroxyl groups is 1. The first-order valence-corrected chi connectivity index (χ1v) is 4.78. The maximum absolute atomic E-state index is 10.5. The fourth-order valence-corrected chi connectivity index (χ4v) is 0.728. The first-order chi connectivity index (χ1) is 8.11. The molecule has 0 aliphatic rings. The zero-order valence-corrected chi connectivity index (χ0v) is 9.33. The molecule has 1 unspecified atom stereocenters. The summed E-state index contributed by atoms with van der Waals surface area (Å²) in [5.41, 5.74) is 0. The number of nitrogens with one attached hydrogen (secondary N) is 2. The number of rotatable bonds is 3. The molecule has 0 aromatic carbocycles. The smallest absolute Gasteiger partial charge is 0.328 e. The Hall–Kier alpha value is -2.15. The lowest BCUT2D eigenvalue weighted by molar-refractivity contribution is -0.140. The van der Waals surface area contributed by atoms with Crippen molar-refractivity contribution in [1.29, 1.82) is 0 Å². The second kappa shape index (κ2) is 9.10. The van der Waals surface area contributed by atoms with Gasteiger partial charge in [-0.2, -0.15) is 0 Å². The molecule has 0 aliphatic heterocycles. The van der Waals surface area contributed by atoms with E-state index >= 15 is 0 Å². The SMILES string of the molecule is CNC(=O)NC(CO)C(=O)O.c1ccncc1. The fraction of sp³-hybridized carbons (Fsp3) is 0.300. The largest absolute Gasteiger partial charge is 0.480 e. The van der Waals surface area contributed by atoms with Gasteiger partial charge in [0, 0.05) is 19.4 Å². The van der Waals surface area contributed by atoms with Crippen molar-refractivity contribution in [3.8, 4) is 0 Å². The highest BCUT2D eigenvalue weighted by Gasteiger charge is 2.17. The number of carbonyl (C=O) groups is 2. The van der Waals surface area contributed by atoms with Crippen molar-refractivity contribution in [1.82, 2.24) is 15.6 Å². The number of aliphatic carboxylic acids is 1. The number of hydrogen-bond acceptors (Lipinski definition) is 4. The van der Waals surface area contributed by atoms with E-state index in [0.717, 1.165) is 0 Å². The molecule has 7 heteroatoms. The summed E-state index contributed by atoms with van der Waals surface area (Å²) in [5.74, 6) is -1.27. The van der Waals surface area contributed by atoms with Crippen LogP contribution in [-0.2, 0) is 4.79 Å². The highest BCUT2D eigenvalue weighted by Crippen LogP contribution is 1.80. The maximum atomic E-state index is 10.5. The zero-order chi connectivity index (χ0) is 13.1. The topological polar surface area (TPSA) is 112 Å². The van der Waals surface area contributed by atoms with Crippen LogP contribution < -0.4 is 10.6 Å². The number of urea groups is 1. The minimum atomic E-state index is -1.27. The normalized spacial score (nSPS) is 10.5. The van der Waals surface area contributed by atoms with E-state index in [2.05, 4.69) is 10.3 Å². The lowest BCUT2D eigenvalue weighted by atomic mass is 10.3. The van der Waals surface area contributed by atoms with Gasteiger partial charge < -0.3 is 20.8 Å². The molecule has 0 aliphatic carbocycles. The third-order valence-corrected chi connectivity index (χ3v) is 1.58. The molecule has 4 N–H and O–H groups in total. The van der Waals surface area contributed by atoms with Gasteiger partial charge in [-0.15, -0.1) is 0 Å². The van der Waals surface area contributed by atoms with Crippen LogP contribution in [-0.4, -0.2) is 46.9 Å². The van der Waals surface area contributed by atoms with Crippen LogP contribution in [0.4, 0.5) is 4.79 Å². The summed E-state index contributed by atoms with van der Waals surface area (Å²) in [6.45, 7) is -0.622. The molecule has 1 rings (SSSR count). The van der Waals surface area contributed by atoms with Gasteiger partial charge in [-0.3, -0.25) is 4.98 Å². The Bertz CT molecular complexity index is 305. The molecule has 1 aromatic heterocycles. The maximum Gasteiger partial charge on any atom is 0.328 e. The molecule has 1 atom stereocenters. The minimum absolute atomic E-state index is 0.622. The number of carboxylic acid groups (broad SMARTS) is 1. The predicted octanol–water partition coefficient (Wildman–Crippen LogP) is -0.557. The number of carboxylic acids is 1. The molecular weight excluding hydrogens is 226 g/mol. The number of carbonyl (C=O) groups excluding carboxylic acids is 1. The monoisotopic (exact) mass is 241 g/mol. The number of hydrogen-bond donors (Lipinski definition) is 4. The van der Waals surface area contributed by atoms with E-state index in [0.29, 0.717) is 0 Å². The van der Waals surface area contributed by atoms with E-state index in [1.54, 1.807) is 12.4 Å². The van der Waals surface area contributed by atoms with Crippen molar-refractivity contribution in [2.75, 3.05) is 13.7 Å². The number of nitrogens with zero attached hydrogens (tertiary/aromatic N) is 1. The minimum Gasteiger partial charge on any atom is -0.480 e. The Morgan fingerprint density at radius 1 is 1.29 bits per heavy atom. The average Bonchev–Trinajstić information content (AvgIpc) is 2.38. The van der Waals surface area contributed by atoms with Crippen LogP contribution in [0.2, 0.25) is 0 Å². The van der Waals surface area contributed by atoms with E-state index in [4.69, 9.17) is 10.2 Å². The Morgan fingerprint density at radius 3 is 2.12 bits per heavy atom. The van der Waals surface area contributed by atoms with Crippen molar-refractivity contribution < 1.29 is 19.8 Å². The van der Waals surface area contributed by atoms with Crippen molar-refractivity contribution in [2.24, 2.45) is 0 Å². The fourth-order valence-electron chi connectivity index (χ4n) is 0.728. The Balaban J connectivity index is 0.000000354. The molecule has 7 nitrogen and oxygen atoms in total. The molecule has 17 heavy (non-hydrogen) atoms. The molecule has 0 saturated carbocycles. The quantitative estimate of drug-likeness (QED) is 0.567. The Morgan fingerprint density at radius 2 is 1.88 bits per heavy atom. The molecule has 1 aromatic rings. The molecular formula is C10H15N3O4. The first-order valence-electron chi connectivity index (χ1n) is 4.78. The van der Waals surface area contributed by atoms with Gasteiger partial charge in [0.25, 0.3) is 0 Å². The van der Waals surface area contributed by atoms with Gasteiger partial charge >= 0.3 is 12.0 Å². The standard InChI is InChI=1S/C5H10N2O4.C5H5N/c1-6-5(11)7-3(2-8)4(9)10;1-2-4-6-5-3-1/h3,8H,2H2,1H3,(H,9,10)(H2,6,7,11);1-5H. The molecule has 0 spiro atoms. The van der Waals surface area contributed by atoms with Gasteiger partial charge in [0.15, 0.2) is 6.04 Å². The van der Waals surface area contributed by atoms with Crippen molar-refractivity contribution in [2.45, 2.75) is 6.04 Å². The van der Waals surface area contributed by atoms with Gasteiger partial charge in [0.05, 0.1) is 6.61 Å². The van der Waals surface area contributed by atoms with Gasteiger partial charge in [0.2, 0.25) is 0 Å². The first kappa shape index (κ1) is 14.8. The molecule has 0 bridgehead atoms. The van der Waals surface area contributed by atoms with Gasteiger partial charge in [-0.25, -0.2) is 9.59 Å². The third-order valence-electron chi connectivity index (χ3n) is 1.58. The third kappa shape index (κ3) is 7.74. The summed E-state index contributed by atoms with van der Waals surface area (Å²) in [5, 5.41) is 20.9. The number of amides is 2. The van der Waals surface area contributed by atoms with Crippen LogP contribution in [0.1, 0.15) is 0 Å². The summed E-state index contributed by atoms with van der Waals surface area (Å²) in [4.78, 5) is 24.5. The summed E-state index contributed by atoms with van der Waals surface area (Å²) in [6, 6.07) is 3.84. The van der Waals surface area contributed by atoms with E-state index in [9.17, 15) is 9.59 Å². The van der Waals surface area contributed by atoms with Crippen LogP contribution >= 0.6 is 0 Å². The van der Waals surface area contributed by atoms with Crippen molar-refractivity contribution in [3.63, 3.8) is 0 Å². The van der Waals surface area contributed by atoms with E-state index in [1.807, 2.05) is 23.5 Å². The van der Waals surface area contributed by atoms with Gasteiger partial charge in [-0.05, 0) is 12.1 Å². The summed E-state index contributed by atoms with van der Waals surface area (Å²) in [7, 11) is 1.35. The molecule has 0 fully saturated rings. The van der Waals surface area contributed by atoms with Gasteiger partial charge in [0.1, 0.15) is 0 Å². The van der Waals surface area contributed by atoms with Crippen LogP contribution in [0.15, 0.2) is 30.6 Å². The molecule has 94 valence electrons. The Kier molecular flexibility index (Phi) is 7.95. The van der Waals surface area contributed by atoms with E-state index < -0.39 is 24.6 Å². The number of pyridine rings is 1. The van der Waals surface area contributed by atoms with E-state index in [-0.39, 0.29) is 0 Å². The van der Waals surface area contributed by atoms with Crippen molar-refractivity contribution >= 4 is 12.0 Å². The molecule has 2 amide bonds. The second-order valence-corrected chi connectivity index (χ2v) is 2.82. The lowest BCUT2D eigenvalue weighted by Crippen LogP contribution is -2.46. The number of aliphatic hydroxyl groups excluding tert-OH is 1. The number of aromatic nitrogens is 1. The highest BCUT2D eigenvalue weighted by molar-refractivity contribution is 5.82. The van der Waals surface area contributed by atoms with Gasteiger partial charge in [-0.1, -0.05) is 6.07 Å². The molecule has 0 radical (unpaired) electrons. The summed E-state index contributed by atoms with van der Waals surface area (Å²) < 4.78 is 0. The summed E-state index contributed by atoms with van der Waals surface area (Å²) in [6.07, 6.45) is 3.50. The van der Waals surface area contributed by atoms with Crippen LogP contribution in [0.25, 0.3) is 0 Å². The molecule has 1 heterocycles. The van der Waals surface area contributed by atoms with Crippen LogP contribution in [0.5, 0.6) is 0 Å².